The summed E-state index contributed by atoms with van der Waals surface area (Å²) in [6.07, 6.45) is -4.85. The molecule has 0 bridgehead atoms. The van der Waals surface area contributed by atoms with Crippen molar-refractivity contribution in [2.45, 2.75) is 19.5 Å². The van der Waals surface area contributed by atoms with Gasteiger partial charge in [-0.25, -0.2) is 4.68 Å². The molecule has 0 aliphatic carbocycles. The van der Waals surface area contributed by atoms with Crippen molar-refractivity contribution in [2.75, 3.05) is 7.11 Å². The van der Waals surface area contributed by atoms with Gasteiger partial charge in [0, 0.05) is 23.7 Å². The van der Waals surface area contributed by atoms with Crippen molar-refractivity contribution < 1.29 is 27.4 Å². The highest BCUT2D eigenvalue weighted by Gasteiger charge is 2.32. The number of nitrogens with one attached hydrogen (secondary N) is 1. The predicted molar refractivity (Wildman–Crippen MR) is 105 cm³/mol. The van der Waals surface area contributed by atoms with Gasteiger partial charge < -0.3 is 14.8 Å². The highest BCUT2D eigenvalue weighted by atomic mass is 19.4. The number of hydrogen-bond donors (Lipinski definition) is 1. The molecular formula is C21H18F3N3O4. The molecule has 0 aliphatic heterocycles. The van der Waals surface area contributed by atoms with Gasteiger partial charge in [-0.05, 0) is 36.4 Å². The van der Waals surface area contributed by atoms with Gasteiger partial charge in [-0.15, -0.1) is 13.2 Å². The van der Waals surface area contributed by atoms with Gasteiger partial charge in [0.05, 0.1) is 12.8 Å². The Kier molecular flexibility index (Phi) is 6.58. The van der Waals surface area contributed by atoms with Gasteiger partial charge in [-0.2, -0.15) is 5.10 Å². The fourth-order valence-corrected chi connectivity index (χ4v) is 2.74. The molecule has 31 heavy (non-hydrogen) atoms. The lowest BCUT2D eigenvalue weighted by Crippen LogP contribution is -2.33. The minimum atomic E-state index is -4.85. The quantitative estimate of drug-likeness (QED) is 0.619. The van der Waals surface area contributed by atoms with Gasteiger partial charge in [0.15, 0.2) is 0 Å². The van der Waals surface area contributed by atoms with Gasteiger partial charge in [0.25, 0.3) is 5.56 Å². The van der Waals surface area contributed by atoms with Gasteiger partial charge in [-0.3, -0.25) is 9.59 Å². The van der Waals surface area contributed by atoms with Crippen molar-refractivity contribution in [1.82, 2.24) is 15.1 Å². The van der Waals surface area contributed by atoms with Crippen molar-refractivity contribution in [3.8, 4) is 22.8 Å². The van der Waals surface area contributed by atoms with Crippen LogP contribution in [0.2, 0.25) is 0 Å². The van der Waals surface area contributed by atoms with E-state index in [1.54, 1.807) is 31.4 Å². The summed E-state index contributed by atoms with van der Waals surface area (Å²) in [5, 5.41) is 6.66. The topological polar surface area (TPSA) is 82.5 Å². The number of amides is 1. The van der Waals surface area contributed by atoms with Gasteiger partial charge in [0.2, 0.25) is 5.91 Å². The van der Waals surface area contributed by atoms with Crippen LogP contribution in [0.4, 0.5) is 13.2 Å². The first-order valence-electron chi connectivity index (χ1n) is 9.08. The zero-order valence-electron chi connectivity index (χ0n) is 16.3. The Bertz CT molecular complexity index is 1110. The number of carbonyl (C=O) groups is 1. The fourth-order valence-electron chi connectivity index (χ4n) is 2.74. The summed E-state index contributed by atoms with van der Waals surface area (Å²) in [5.41, 5.74) is 0.834. The SMILES string of the molecule is COc1ccc(-c2ccc(=O)n(CC(=O)NCc3ccccc3OC(F)(F)F)n2)cc1. The number of alkyl halides is 3. The summed E-state index contributed by atoms with van der Waals surface area (Å²) < 4.78 is 47.6. The molecular weight excluding hydrogens is 415 g/mol. The molecule has 0 fully saturated rings. The molecule has 3 aromatic rings. The molecule has 0 radical (unpaired) electrons. The van der Waals surface area contributed by atoms with Crippen molar-refractivity contribution in [2.24, 2.45) is 0 Å². The van der Waals surface area contributed by atoms with Crippen LogP contribution in [0.5, 0.6) is 11.5 Å². The molecule has 3 rings (SSSR count). The van der Waals surface area contributed by atoms with E-state index in [4.69, 9.17) is 4.74 Å². The Labute approximate surface area is 175 Å². The minimum Gasteiger partial charge on any atom is -0.497 e. The summed E-state index contributed by atoms with van der Waals surface area (Å²) in [6, 6.07) is 15.3. The molecule has 7 nitrogen and oxygen atoms in total. The molecule has 1 aromatic heterocycles. The number of rotatable bonds is 7. The van der Waals surface area contributed by atoms with Crippen molar-refractivity contribution >= 4 is 5.91 Å². The Morgan fingerprint density at radius 2 is 1.77 bits per heavy atom. The Morgan fingerprint density at radius 3 is 2.45 bits per heavy atom. The molecule has 162 valence electrons. The normalized spacial score (nSPS) is 11.1. The molecule has 0 saturated heterocycles. The summed E-state index contributed by atoms with van der Waals surface area (Å²) >= 11 is 0. The molecule has 1 heterocycles. The van der Waals surface area contributed by atoms with Crippen LogP contribution < -0.4 is 20.3 Å². The minimum absolute atomic E-state index is 0.139. The molecule has 0 saturated carbocycles. The van der Waals surface area contributed by atoms with Gasteiger partial charge >= 0.3 is 6.36 Å². The maximum Gasteiger partial charge on any atom is 0.573 e. The number of aromatic nitrogens is 2. The number of methoxy groups -OCH3 is 1. The molecule has 0 unspecified atom stereocenters. The second-order valence-corrected chi connectivity index (χ2v) is 6.38. The molecule has 1 N–H and O–H groups in total. The third-order valence-electron chi connectivity index (χ3n) is 4.22. The van der Waals surface area contributed by atoms with E-state index in [-0.39, 0.29) is 12.1 Å². The van der Waals surface area contributed by atoms with Crippen LogP contribution in [-0.4, -0.2) is 29.2 Å². The second kappa shape index (κ2) is 9.33. The molecule has 1 amide bonds. The lowest BCUT2D eigenvalue weighted by molar-refractivity contribution is -0.274. The summed E-state index contributed by atoms with van der Waals surface area (Å²) in [6.45, 7) is -0.608. The van der Waals surface area contributed by atoms with E-state index in [9.17, 15) is 22.8 Å². The maximum absolute atomic E-state index is 12.5. The third kappa shape index (κ3) is 6.08. The molecule has 0 atom stereocenters. The third-order valence-corrected chi connectivity index (χ3v) is 4.22. The van der Waals surface area contributed by atoms with E-state index in [0.717, 1.165) is 10.7 Å². The van der Waals surface area contributed by atoms with E-state index < -0.39 is 30.1 Å². The molecule has 0 spiro atoms. The first kappa shape index (κ1) is 21.9. The summed E-state index contributed by atoms with van der Waals surface area (Å²) in [5.74, 6) is -0.346. The van der Waals surface area contributed by atoms with E-state index in [1.807, 2.05) is 0 Å². The highest BCUT2D eigenvalue weighted by Crippen LogP contribution is 2.26. The van der Waals surface area contributed by atoms with Crippen molar-refractivity contribution in [3.63, 3.8) is 0 Å². The maximum atomic E-state index is 12.5. The van der Waals surface area contributed by atoms with Crippen LogP contribution in [0, 0.1) is 0 Å². The van der Waals surface area contributed by atoms with Crippen LogP contribution in [0.3, 0.4) is 0 Å². The predicted octanol–water partition coefficient (Wildman–Crippen LogP) is 3.13. The fraction of sp³-hybridized carbons (Fsp3) is 0.190. The van der Waals surface area contributed by atoms with Gasteiger partial charge in [-0.1, -0.05) is 18.2 Å². The Hall–Kier alpha value is -3.82. The summed E-state index contributed by atoms with van der Waals surface area (Å²) in [4.78, 5) is 24.4. The average Bonchev–Trinajstić information content (AvgIpc) is 2.74. The van der Waals surface area contributed by atoms with Crippen molar-refractivity contribution in [1.29, 1.82) is 0 Å². The zero-order valence-corrected chi connectivity index (χ0v) is 16.3. The number of nitrogens with zero attached hydrogens (tertiary/aromatic N) is 2. The number of carbonyl (C=O) groups excluding carboxylic acids is 1. The van der Waals surface area contributed by atoms with E-state index in [1.165, 1.54) is 30.3 Å². The monoisotopic (exact) mass is 433 g/mol. The first-order chi connectivity index (χ1) is 14.7. The molecule has 10 heteroatoms. The van der Waals surface area contributed by atoms with Crippen LogP contribution in [0.15, 0.2) is 65.5 Å². The number of ether oxygens (including phenoxy) is 2. The number of para-hydroxylation sites is 1. The standard InChI is InChI=1S/C21H18F3N3O4/c1-30-16-8-6-14(7-9-16)17-10-11-20(29)27(26-17)13-19(28)25-12-15-4-2-3-5-18(15)31-21(22,23)24/h2-11H,12-13H2,1H3,(H,25,28). The van der Waals surface area contributed by atoms with Crippen LogP contribution in [-0.2, 0) is 17.9 Å². The second-order valence-electron chi connectivity index (χ2n) is 6.38. The number of hydrogen-bond acceptors (Lipinski definition) is 5. The van der Waals surface area contributed by atoms with E-state index >= 15 is 0 Å². The zero-order chi connectivity index (χ0) is 22.4. The van der Waals surface area contributed by atoms with E-state index in [2.05, 4.69) is 15.2 Å². The van der Waals surface area contributed by atoms with Crippen LogP contribution in [0.1, 0.15) is 5.56 Å². The lowest BCUT2D eigenvalue weighted by Gasteiger charge is -2.14. The molecule has 0 aliphatic rings. The Morgan fingerprint density at radius 1 is 1.06 bits per heavy atom. The molecule has 2 aromatic carbocycles. The van der Waals surface area contributed by atoms with Crippen LogP contribution in [0.25, 0.3) is 11.3 Å². The van der Waals surface area contributed by atoms with Gasteiger partial charge in [0.1, 0.15) is 18.0 Å². The first-order valence-corrected chi connectivity index (χ1v) is 9.08. The Balaban J connectivity index is 1.69. The lowest BCUT2D eigenvalue weighted by atomic mass is 10.1. The van der Waals surface area contributed by atoms with Crippen LogP contribution >= 0.6 is 0 Å². The number of benzene rings is 2. The largest absolute Gasteiger partial charge is 0.573 e. The highest BCUT2D eigenvalue weighted by molar-refractivity contribution is 5.75. The van der Waals surface area contributed by atoms with E-state index in [0.29, 0.717) is 17.0 Å². The van der Waals surface area contributed by atoms with Crippen molar-refractivity contribution in [3.05, 3.63) is 76.6 Å². The summed E-state index contributed by atoms with van der Waals surface area (Å²) in [7, 11) is 1.54. The smallest absolute Gasteiger partial charge is 0.497 e. The average molecular weight is 433 g/mol. The number of halogens is 3.